The van der Waals surface area contributed by atoms with E-state index < -0.39 is 17.8 Å². The Morgan fingerprint density at radius 2 is 1.61 bits per heavy atom. The molecule has 9 nitrogen and oxygen atoms in total. The van der Waals surface area contributed by atoms with Crippen molar-refractivity contribution in [2.24, 2.45) is 5.10 Å². The highest BCUT2D eigenvalue weighted by Gasteiger charge is 2.17. The number of ether oxygens (including phenoxy) is 3. The van der Waals surface area contributed by atoms with Crippen molar-refractivity contribution >= 4 is 46.0 Å². The van der Waals surface area contributed by atoms with Crippen molar-refractivity contribution in [2.75, 3.05) is 6.79 Å². The number of benzene rings is 4. The molecule has 41 heavy (non-hydrogen) atoms. The average Bonchev–Trinajstić information content (AvgIpc) is 3.46. The second-order valence-electron chi connectivity index (χ2n) is 8.63. The van der Waals surface area contributed by atoms with Crippen molar-refractivity contribution in [1.29, 1.82) is 0 Å². The third-order valence-corrected chi connectivity index (χ3v) is 6.47. The molecule has 0 spiro atoms. The monoisotopic (exact) mass is 611 g/mol. The van der Waals surface area contributed by atoms with Crippen molar-refractivity contribution in [1.82, 2.24) is 10.7 Å². The molecule has 204 valence electrons. The van der Waals surface area contributed by atoms with E-state index in [1.54, 1.807) is 97.1 Å². The summed E-state index contributed by atoms with van der Waals surface area (Å²) in [5, 5.41) is 6.68. The van der Waals surface area contributed by atoms with Crippen LogP contribution in [-0.2, 0) is 4.79 Å². The Bertz CT molecular complexity index is 1670. The van der Waals surface area contributed by atoms with Gasteiger partial charge in [-0.1, -0.05) is 48.5 Å². The number of rotatable bonds is 8. The van der Waals surface area contributed by atoms with Crippen LogP contribution in [-0.4, -0.2) is 30.8 Å². The third-order valence-electron chi connectivity index (χ3n) is 5.78. The minimum absolute atomic E-state index is 0.0361. The van der Waals surface area contributed by atoms with Crippen LogP contribution < -0.4 is 25.0 Å². The molecule has 10 heteroatoms. The van der Waals surface area contributed by atoms with Gasteiger partial charge in [0.05, 0.1) is 11.8 Å². The lowest BCUT2D eigenvalue weighted by Gasteiger charge is -2.09. The molecule has 5 rings (SSSR count). The SMILES string of the molecule is O=C(N/N=C\c1cccc(OC(=O)c2ccccc2Br)c1)/C(=C\c1ccc2c(c1)OCO2)NC(=O)c1ccccc1. The molecule has 0 atom stereocenters. The van der Waals surface area contributed by atoms with Crippen molar-refractivity contribution < 1.29 is 28.6 Å². The Hall–Kier alpha value is -5.22. The molecule has 2 amide bonds. The van der Waals surface area contributed by atoms with E-state index in [4.69, 9.17) is 14.2 Å². The first-order chi connectivity index (χ1) is 20.0. The third kappa shape index (κ3) is 7.06. The zero-order valence-electron chi connectivity index (χ0n) is 21.4. The average molecular weight is 612 g/mol. The van der Waals surface area contributed by atoms with Crippen LogP contribution >= 0.6 is 15.9 Å². The van der Waals surface area contributed by atoms with Gasteiger partial charge in [-0.2, -0.15) is 5.10 Å². The number of carbonyl (C=O) groups is 3. The molecule has 0 aromatic heterocycles. The summed E-state index contributed by atoms with van der Waals surface area (Å²) in [6.45, 7) is 0.111. The maximum atomic E-state index is 13.1. The number of hydrogen-bond acceptors (Lipinski definition) is 7. The molecule has 0 saturated heterocycles. The molecule has 0 aliphatic carbocycles. The van der Waals surface area contributed by atoms with Crippen LogP contribution in [0, 0.1) is 0 Å². The van der Waals surface area contributed by atoms with E-state index in [9.17, 15) is 14.4 Å². The Kier molecular flexibility index (Phi) is 8.51. The Labute approximate surface area is 243 Å². The van der Waals surface area contributed by atoms with Crippen LogP contribution in [0.25, 0.3) is 6.08 Å². The van der Waals surface area contributed by atoms with Crippen molar-refractivity contribution in [2.45, 2.75) is 0 Å². The molecule has 0 unspecified atom stereocenters. The smallest absolute Gasteiger partial charge is 0.344 e. The Morgan fingerprint density at radius 1 is 0.829 bits per heavy atom. The van der Waals surface area contributed by atoms with Gasteiger partial charge < -0.3 is 19.5 Å². The predicted octanol–water partition coefficient (Wildman–Crippen LogP) is 5.32. The normalized spacial score (nSPS) is 12.2. The first-order valence-corrected chi connectivity index (χ1v) is 13.1. The first-order valence-electron chi connectivity index (χ1n) is 12.3. The van der Waals surface area contributed by atoms with E-state index in [2.05, 4.69) is 31.8 Å². The van der Waals surface area contributed by atoms with E-state index in [-0.39, 0.29) is 12.5 Å². The molecule has 1 aliphatic heterocycles. The molecule has 0 saturated carbocycles. The molecule has 0 fully saturated rings. The quantitative estimate of drug-likeness (QED) is 0.0916. The fraction of sp³-hybridized carbons (Fsp3) is 0.0323. The van der Waals surface area contributed by atoms with Crippen molar-refractivity contribution in [3.63, 3.8) is 0 Å². The molecule has 4 aromatic rings. The molecule has 1 aliphatic rings. The summed E-state index contributed by atoms with van der Waals surface area (Å²) < 4.78 is 16.9. The van der Waals surface area contributed by atoms with Crippen LogP contribution in [0.4, 0.5) is 0 Å². The number of carbonyl (C=O) groups excluding carboxylic acids is 3. The van der Waals surface area contributed by atoms with E-state index >= 15 is 0 Å². The van der Waals surface area contributed by atoms with E-state index in [1.807, 2.05) is 0 Å². The molecular weight excluding hydrogens is 590 g/mol. The fourth-order valence-corrected chi connectivity index (χ4v) is 4.23. The van der Waals surface area contributed by atoms with Crippen LogP contribution in [0.1, 0.15) is 31.8 Å². The lowest BCUT2D eigenvalue weighted by molar-refractivity contribution is -0.117. The number of halogens is 1. The van der Waals surface area contributed by atoms with Crippen LogP contribution in [0.2, 0.25) is 0 Å². The molecule has 0 radical (unpaired) electrons. The zero-order chi connectivity index (χ0) is 28.6. The van der Waals surface area contributed by atoms with Crippen molar-refractivity contribution in [3.8, 4) is 17.2 Å². The van der Waals surface area contributed by atoms with E-state index in [0.717, 1.165) is 0 Å². The van der Waals surface area contributed by atoms with Gasteiger partial charge in [0.15, 0.2) is 11.5 Å². The summed E-state index contributed by atoms with van der Waals surface area (Å²) in [7, 11) is 0. The predicted molar refractivity (Wildman–Crippen MR) is 156 cm³/mol. The van der Waals surface area contributed by atoms with Gasteiger partial charge in [0, 0.05) is 10.0 Å². The Morgan fingerprint density at radius 3 is 2.44 bits per heavy atom. The molecule has 0 bridgehead atoms. The summed E-state index contributed by atoms with van der Waals surface area (Å²) in [6, 6.07) is 27.3. The topological polar surface area (TPSA) is 115 Å². The van der Waals surface area contributed by atoms with Crippen LogP contribution in [0.5, 0.6) is 17.2 Å². The number of hydrogen-bond donors (Lipinski definition) is 2. The number of esters is 1. The highest BCUT2D eigenvalue weighted by molar-refractivity contribution is 9.10. The number of hydrazone groups is 1. The first kappa shape index (κ1) is 27.4. The van der Waals surface area contributed by atoms with E-state index in [0.29, 0.717) is 44.0 Å². The Balaban J connectivity index is 1.30. The summed E-state index contributed by atoms with van der Waals surface area (Å²) in [4.78, 5) is 38.5. The summed E-state index contributed by atoms with van der Waals surface area (Å²) in [5.41, 5.74) is 4.34. The standard InChI is InChI=1S/C31H22BrN3O6/c32-25-12-5-4-11-24(25)31(38)41-23-10-6-7-21(15-23)18-33-35-30(37)26(34-29(36)22-8-2-1-3-9-22)16-20-13-14-27-28(17-20)40-19-39-27/h1-18H,19H2,(H,34,36)(H,35,37)/b26-16+,33-18-. The van der Waals surface area contributed by atoms with Gasteiger partial charge in [-0.25, -0.2) is 10.2 Å². The molecular formula is C31H22BrN3O6. The molecule has 1 heterocycles. The highest BCUT2D eigenvalue weighted by atomic mass is 79.9. The second-order valence-corrected chi connectivity index (χ2v) is 9.49. The lowest BCUT2D eigenvalue weighted by atomic mass is 10.1. The largest absolute Gasteiger partial charge is 0.454 e. The number of amides is 2. The summed E-state index contributed by atoms with van der Waals surface area (Å²) in [5.74, 6) is -0.204. The lowest BCUT2D eigenvalue weighted by Crippen LogP contribution is -2.32. The number of nitrogens with one attached hydrogen (secondary N) is 2. The number of nitrogens with zero attached hydrogens (tertiary/aromatic N) is 1. The van der Waals surface area contributed by atoms with Crippen molar-refractivity contribution in [3.05, 3.63) is 129 Å². The van der Waals surface area contributed by atoms with Gasteiger partial charge in [0.25, 0.3) is 11.8 Å². The van der Waals surface area contributed by atoms with Gasteiger partial charge >= 0.3 is 5.97 Å². The number of fused-ring (bicyclic) bond motifs is 1. The minimum atomic E-state index is -0.653. The second kappa shape index (κ2) is 12.8. The fourth-order valence-electron chi connectivity index (χ4n) is 3.78. The highest BCUT2D eigenvalue weighted by Crippen LogP contribution is 2.33. The zero-order valence-corrected chi connectivity index (χ0v) is 23.0. The molecule has 4 aromatic carbocycles. The maximum Gasteiger partial charge on any atom is 0.344 e. The van der Waals surface area contributed by atoms with Gasteiger partial charge in [-0.15, -0.1) is 0 Å². The summed E-state index contributed by atoms with van der Waals surface area (Å²) in [6.07, 6.45) is 2.90. The maximum absolute atomic E-state index is 13.1. The molecule has 2 N–H and O–H groups in total. The minimum Gasteiger partial charge on any atom is -0.454 e. The van der Waals surface area contributed by atoms with E-state index in [1.165, 1.54) is 12.3 Å². The van der Waals surface area contributed by atoms with Crippen LogP contribution in [0.15, 0.2) is 112 Å². The van der Waals surface area contributed by atoms with Crippen LogP contribution in [0.3, 0.4) is 0 Å². The van der Waals surface area contributed by atoms with Gasteiger partial charge in [-0.05, 0) is 81.7 Å². The summed E-state index contributed by atoms with van der Waals surface area (Å²) >= 11 is 3.34. The van der Waals surface area contributed by atoms with Gasteiger partial charge in [0.1, 0.15) is 11.4 Å². The van der Waals surface area contributed by atoms with Gasteiger partial charge in [0.2, 0.25) is 6.79 Å². The van der Waals surface area contributed by atoms with Gasteiger partial charge in [-0.3, -0.25) is 9.59 Å².